The first kappa shape index (κ1) is 24.0. The lowest BCUT2D eigenvalue weighted by Gasteiger charge is -2.36. The molecule has 0 unspecified atom stereocenters. The molecule has 0 bridgehead atoms. The van der Waals surface area contributed by atoms with Crippen molar-refractivity contribution in [3.8, 4) is 10.4 Å². The number of hydrogen-bond donors (Lipinski definition) is 0. The molecular weight excluding hydrogens is 466 g/mol. The minimum Gasteiger partial charge on any atom is -0.444 e. The molecule has 0 radical (unpaired) electrons. The number of piperazine rings is 1. The summed E-state index contributed by atoms with van der Waals surface area (Å²) in [5, 5.41) is 4.58. The topological polar surface area (TPSA) is 88.8 Å². The van der Waals surface area contributed by atoms with Crippen LogP contribution >= 0.6 is 11.3 Å². The smallest absolute Gasteiger partial charge is 0.410 e. The number of amides is 1. The first-order valence-corrected chi connectivity index (χ1v) is 13.0. The van der Waals surface area contributed by atoms with Gasteiger partial charge in [-0.1, -0.05) is 0 Å². The Morgan fingerprint density at radius 2 is 1.86 bits per heavy atom. The van der Waals surface area contributed by atoms with E-state index in [4.69, 9.17) is 9.47 Å². The first-order chi connectivity index (χ1) is 16.9. The third kappa shape index (κ3) is 5.74. The Morgan fingerprint density at radius 3 is 2.60 bits per heavy atom. The van der Waals surface area contributed by atoms with Gasteiger partial charge in [0.15, 0.2) is 0 Å². The molecule has 3 aromatic rings. The van der Waals surface area contributed by atoms with Gasteiger partial charge in [0.2, 0.25) is 0 Å². The maximum atomic E-state index is 12.4. The highest BCUT2D eigenvalue weighted by atomic mass is 32.1. The molecule has 0 atom stereocenters. The summed E-state index contributed by atoms with van der Waals surface area (Å²) in [6.07, 6.45) is 5.41. The number of fused-ring (bicyclic) bond motifs is 1. The van der Waals surface area contributed by atoms with Crippen LogP contribution in [0.1, 0.15) is 20.8 Å². The van der Waals surface area contributed by atoms with Crippen molar-refractivity contribution in [3.63, 3.8) is 0 Å². The molecule has 5 rings (SSSR count). The number of aromatic nitrogens is 4. The number of ether oxygens (including phenoxy) is 2. The SMILES string of the molecule is CC(C)(C)OC(=O)N1CCN(c2ncnc3cc(-c4cnn(CCN5CCOCC5)c4)sc23)CC1. The summed E-state index contributed by atoms with van der Waals surface area (Å²) in [5.74, 6) is 0.926. The lowest BCUT2D eigenvalue weighted by Crippen LogP contribution is -2.50. The summed E-state index contributed by atoms with van der Waals surface area (Å²) in [6, 6.07) is 2.12. The van der Waals surface area contributed by atoms with Crippen LogP contribution in [0.25, 0.3) is 20.7 Å². The first-order valence-electron chi connectivity index (χ1n) is 12.2. The quantitative estimate of drug-likeness (QED) is 0.530. The molecular formula is C24H33N7O3S. The highest BCUT2D eigenvalue weighted by molar-refractivity contribution is 7.22. The Morgan fingerprint density at radius 1 is 1.09 bits per heavy atom. The average Bonchev–Trinajstić information content (AvgIpc) is 3.49. The van der Waals surface area contributed by atoms with Crippen LogP contribution in [0.3, 0.4) is 0 Å². The van der Waals surface area contributed by atoms with Gasteiger partial charge in [0.1, 0.15) is 17.7 Å². The van der Waals surface area contributed by atoms with E-state index in [1.807, 2.05) is 31.6 Å². The van der Waals surface area contributed by atoms with Gasteiger partial charge in [-0.15, -0.1) is 11.3 Å². The van der Waals surface area contributed by atoms with Gasteiger partial charge < -0.3 is 19.3 Å². The van der Waals surface area contributed by atoms with Crippen molar-refractivity contribution in [3.05, 3.63) is 24.8 Å². The molecule has 11 heteroatoms. The third-order valence-corrected chi connectivity index (χ3v) is 7.36. The Bertz CT molecular complexity index is 1160. The van der Waals surface area contributed by atoms with Crippen molar-refractivity contribution >= 4 is 33.5 Å². The zero-order valence-electron chi connectivity index (χ0n) is 20.6. The van der Waals surface area contributed by atoms with E-state index in [0.29, 0.717) is 26.2 Å². The van der Waals surface area contributed by atoms with Crippen molar-refractivity contribution in [1.29, 1.82) is 0 Å². The van der Waals surface area contributed by atoms with Crippen LogP contribution in [0.4, 0.5) is 10.6 Å². The average molecular weight is 500 g/mol. The van der Waals surface area contributed by atoms with Gasteiger partial charge in [0.05, 0.1) is 36.2 Å². The van der Waals surface area contributed by atoms with Gasteiger partial charge >= 0.3 is 6.09 Å². The molecule has 2 aliphatic heterocycles. The van der Waals surface area contributed by atoms with Gasteiger partial charge in [0, 0.05) is 62.5 Å². The van der Waals surface area contributed by atoms with Crippen LogP contribution in [-0.2, 0) is 16.0 Å². The van der Waals surface area contributed by atoms with E-state index in [9.17, 15) is 4.79 Å². The molecule has 35 heavy (non-hydrogen) atoms. The van der Waals surface area contributed by atoms with Crippen molar-refractivity contribution in [2.45, 2.75) is 32.9 Å². The fraction of sp³-hybridized carbons (Fsp3) is 0.583. The van der Waals surface area contributed by atoms with Gasteiger partial charge in [0.25, 0.3) is 0 Å². The van der Waals surface area contributed by atoms with E-state index in [0.717, 1.165) is 65.9 Å². The van der Waals surface area contributed by atoms with E-state index in [1.54, 1.807) is 22.6 Å². The number of anilines is 1. The summed E-state index contributed by atoms with van der Waals surface area (Å²) in [6.45, 7) is 13.7. The fourth-order valence-electron chi connectivity index (χ4n) is 4.32. The summed E-state index contributed by atoms with van der Waals surface area (Å²) in [5.41, 5.74) is 1.54. The van der Waals surface area contributed by atoms with Crippen LogP contribution in [0.5, 0.6) is 0 Å². The maximum absolute atomic E-state index is 12.4. The summed E-state index contributed by atoms with van der Waals surface area (Å²) in [7, 11) is 0. The second-order valence-corrected chi connectivity index (χ2v) is 11.0. The fourth-order valence-corrected chi connectivity index (χ4v) is 5.42. The molecule has 2 saturated heterocycles. The highest BCUT2D eigenvalue weighted by Crippen LogP contribution is 2.37. The third-order valence-electron chi connectivity index (χ3n) is 6.19. The number of carbonyl (C=O) groups excluding carboxylic acids is 1. The molecule has 1 amide bonds. The van der Waals surface area contributed by atoms with Crippen molar-refractivity contribution < 1.29 is 14.3 Å². The Balaban J connectivity index is 1.25. The Hall–Kier alpha value is -2.76. The number of thiophene rings is 1. The van der Waals surface area contributed by atoms with Crippen molar-refractivity contribution in [2.24, 2.45) is 0 Å². The van der Waals surface area contributed by atoms with Crippen LogP contribution in [0.2, 0.25) is 0 Å². The number of nitrogens with zero attached hydrogens (tertiary/aromatic N) is 7. The standard InChI is InChI=1S/C24H33N7O3S/c1-24(2,3)34-23(32)30-7-5-29(6-8-30)22-21-19(25-17-26-22)14-20(35-21)18-15-27-31(16-18)9-4-28-10-12-33-13-11-28/h14-17H,4-13H2,1-3H3. The minimum atomic E-state index is -0.489. The van der Waals surface area contributed by atoms with E-state index >= 15 is 0 Å². The zero-order chi connectivity index (χ0) is 24.4. The predicted molar refractivity (Wildman–Crippen MR) is 136 cm³/mol. The summed E-state index contributed by atoms with van der Waals surface area (Å²) in [4.78, 5) is 29.1. The number of rotatable bonds is 5. The lowest BCUT2D eigenvalue weighted by atomic mass is 10.2. The van der Waals surface area contributed by atoms with Crippen molar-refractivity contribution in [1.82, 2.24) is 29.5 Å². The van der Waals surface area contributed by atoms with E-state index in [1.165, 1.54) is 0 Å². The highest BCUT2D eigenvalue weighted by Gasteiger charge is 2.27. The van der Waals surface area contributed by atoms with E-state index in [2.05, 4.69) is 37.1 Å². The number of hydrogen-bond acceptors (Lipinski definition) is 9. The molecule has 0 N–H and O–H groups in total. The van der Waals surface area contributed by atoms with Gasteiger partial charge in [-0.05, 0) is 26.8 Å². The molecule has 0 aliphatic carbocycles. The van der Waals surface area contributed by atoms with Crippen LogP contribution in [-0.4, -0.2) is 100 Å². The molecule has 3 aromatic heterocycles. The normalized spacial score (nSPS) is 17.8. The largest absolute Gasteiger partial charge is 0.444 e. The Kier molecular flexibility index (Phi) is 6.90. The van der Waals surface area contributed by atoms with Crippen LogP contribution < -0.4 is 4.90 Å². The molecule has 188 valence electrons. The molecule has 10 nitrogen and oxygen atoms in total. The molecule has 0 saturated carbocycles. The summed E-state index contributed by atoms with van der Waals surface area (Å²) < 4.78 is 14.0. The monoisotopic (exact) mass is 499 g/mol. The second kappa shape index (κ2) is 10.1. The van der Waals surface area contributed by atoms with Gasteiger partial charge in [-0.25, -0.2) is 14.8 Å². The van der Waals surface area contributed by atoms with Crippen LogP contribution in [0, 0.1) is 0 Å². The van der Waals surface area contributed by atoms with Crippen LogP contribution in [0.15, 0.2) is 24.8 Å². The summed E-state index contributed by atoms with van der Waals surface area (Å²) >= 11 is 1.69. The number of carbonyl (C=O) groups is 1. The predicted octanol–water partition coefficient (Wildman–Crippen LogP) is 2.94. The second-order valence-electron chi connectivity index (χ2n) is 9.92. The lowest BCUT2D eigenvalue weighted by molar-refractivity contribution is 0.0240. The number of morpholine rings is 1. The molecule has 2 fully saturated rings. The van der Waals surface area contributed by atoms with E-state index in [-0.39, 0.29) is 6.09 Å². The van der Waals surface area contributed by atoms with E-state index < -0.39 is 5.60 Å². The molecule has 0 spiro atoms. The Labute approximate surface area is 209 Å². The zero-order valence-corrected chi connectivity index (χ0v) is 21.5. The maximum Gasteiger partial charge on any atom is 0.410 e. The molecule has 5 heterocycles. The molecule has 0 aromatic carbocycles. The van der Waals surface area contributed by atoms with Gasteiger partial charge in [-0.3, -0.25) is 9.58 Å². The van der Waals surface area contributed by atoms with Crippen molar-refractivity contribution in [2.75, 3.05) is 63.9 Å². The minimum absolute atomic E-state index is 0.256. The molecule has 2 aliphatic rings. The van der Waals surface area contributed by atoms with Gasteiger partial charge in [-0.2, -0.15) is 5.10 Å².